The van der Waals surface area contributed by atoms with Crippen molar-refractivity contribution in [2.24, 2.45) is 5.92 Å². The highest BCUT2D eigenvalue weighted by Gasteiger charge is 2.27. The molecule has 8 nitrogen and oxygen atoms in total. The zero-order valence-corrected chi connectivity index (χ0v) is 18.8. The number of anilines is 1. The quantitative estimate of drug-likeness (QED) is 0.566. The first-order chi connectivity index (χ1) is 15.5. The molecule has 1 fully saturated rings. The summed E-state index contributed by atoms with van der Waals surface area (Å²) in [5, 5.41) is 0. The van der Waals surface area contributed by atoms with E-state index in [1.165, 1.54) is 0 Å². The van der Waals surface area contributed by atoms with Gasteiger partial charge >= 0.3 is 5.97 Å². The summed E-state index contributed by atoms with van der Waals surface area (Å²) >= 11 is 0. The average molecular weight is 439 g/mol. The van der Waals surface area contributed by atoms with Crippen LogP contribution in [0.5, 0.6) is 11.5 Å². The van der Waals surface area contributed by atoms with Crippen molar-refractivity contribution in [3.05, 3.63) is 42.2 Å². The number of nitrogens with zero attached hydrogens (tertiary/aromatic N) is 3. The van der Waals surface area contributed by atoms with E-state index in [9.17, 15) is 4.79 Å². The van der Waals surface area contributed by atoms with Crippen molar-refractivity contribution in [2.75, 3.05) is 39.6 Å². The molecule has 32 heavy (non-hydrogen) atoms. The van der Waals surface area contributed by atoms with Crippen molar-refractivity contribution < 1.29 is 19.0 Å². The minimum absolute atomic E-state index is 0.0191. The van der Waals surface area contributed by atoms with Crippen molar-refractivity contribution in [3.63, 3.8) is 0 Å². The maximum absolute atomic E-state index is 12.1. The molecule has 0 saturated carbocycles. The van der Waals surface area contributed by atoms with Gasteiger partial charge in [0.15, 0.2) is 11.5 Å². The summed E-state index contributed by atoms with van der Waals surface area (Å²) in [4.78, 5) is 19.3. The van der Waals surface area contributed by atoms with Crippen LogP contribution < -0.4 is 15.2 Å². The van der Waals surface area contributed by atoms with E-state index in [2.05, 4.69) is 9.30 Å². The molecule has 0 unspecified atom stereocenters. The lowest BCUT2D eigenvalue weighted by Gasteiger charge is -2.30. The molecule has 2 N–H and O–H groups in total. The summed E-state index contributed by atoms with van der Waals surface area (Å²) in [5.74, 6) is 1.23. The van der Waals surface area contributed by atoms with E-state index in [1.54, 1.807) is 14.2 Å². The zero-order chi connectivity index (χ0) is 22.7. The number of esters is 1. The number of pyridine rings is 1. The van der Waals surface area contributed by atoms with Crippen molar-refractivity contribution in [2.45, 2.75) is 26.3 Å². The molecule has 0 spiro atoms. The summed E-state index contributed by atoms with van der Waals surface area (Å²) in [6.07, 6.45) is 3.50. The molecule has 1 aromatic carbocycles. The summed E-state index contributed by atoms with van der Waals surface area (Å²) in [7, 11) is 3.25. The lowest BCUT2D eigenvalue weighted by Crippen LogP contribution is -2.36. The molecule has 3 aromatic rings. The molecule has 0 radical (unpaired) electrons. The SMILES string of the molecule is CCOC(=O)C1CCN(Cc2c(-c3ccc(OC)c(OC)c3)nc3ccc(N)cn23)CC1. The molecule has 2 aromatic heterocycles. The van der Waals surface area contributed by atoms with E-state index >= 15 is 0 Å². The van der Waals surface area contributed by atoms with Gasteiger partial charge in [-0.3, -0.25) is 9.69 Å². The third kappa shape index (κ3) is 4.36. The number of nitrogens with two attached hydrogens (primary N) is 1. The van der Waals surface area contributed by atoms with Gasteiger partial charge < -0.3 is 24.3 Å². The van der Waals surface area contributed by atoms with Crippen molar-refractivity contribution in [1.29, 1.82) is 0 Å². The van der Waals surface area contributed by atoms with Crippen LogP contribution in [0.1, 0.15) is 25.5 Å². The van der Waals surface area contributed by atoms with Crippen LogP contribution in [0.15, 0.2) is 36.5 Å². The van der Waals surface area contributed by atoms with E-state index in [-0.39, 0.29) is 11.9 Å². The number of hydrogen-bond acceptors (Lipinski definition) is 7. The molecule has 0 bridgehead atoms. The molecular formula is C24H30N4O4. The Kier molecular flexibility index (Phi) is 6.50. The molecule has 8 heteroatoms. The van der Waals surface area contributed by atoms with E-state index in [4.69, 9.17) is 24.9 Å². The topological polar surface area (TPSA) is 91.3 Å². The fourth-order valence-electron chi connectivity index (χ4n) is 4.27. The zero-order valence-electron chi connectivity index (χ0n) is 18.8. The van der Waals surface area contributed by atoms with Crippen LogP contribution in [0.4, 0.5) is 5.69 Å². The smallest absolute Gasteiger partial charge is 0.309 e. The van der Waals surface area contributed by atoms with Crippen LogP contribution in [-0.2, 0) is 16.1 Å². The number of methoxy groups -OCH3 is 2. The highest BCUT2D eigenvalue weighted by Crippen LogP contribution is 2.34. The molecule has 170 valence electrons. The third-order valence-corrected chi connectivity index (χ3v) is 5.98. The molecule has 1 aliphatic heterocycles. The number of aromatic nitrogens is 2. The molecule has 4 rings (SSSR count). The first-order valence-electron chi connectivity index (χ1n) is 10.9. The monoisotopic (exact) mass is 438 g/mol. The number of hydrogen-bond donors (Lipinski definition) is 1. The van der Waals surface area contributed by atoms with E-state index in [1.807, 2.05) is 43.5 Å². The van der Waals surface area contributed by atoms with Crippen LogP contribution in [0, 0.1) is 5.92 Å². The fraction of sp³-hybridized carbons (Fsp3) is 0.417. The van der Waals surface area contributed by atoms with Crippen molar-refractivity contribution in [1.82, 2.24) is 14.3 Å². The minimum Gasteiger partial charge on any atom is -0.493 e. The number of piperidine rings is 1. The summed E-state index contributed by atoms with van der Waals surface area (Å²) in [5.41, 5.74) is 10.5. The number of ether oxygens (including phenoxy) is 3. The van der Waals surface area contributed by atoms with Gasteiger partial charge in [-0.2, -0.15) is 0 Å². The lowest BCUT2D eigenvalue weighted by atomic mass is 9.96. The largest absolute Gasteiger partial charge is 0.493 e. The molecular weight excluding hydrogens is 408 g/mol. The predicted molar refractivity (Wildman–Crippen MR) is 123 cm³/mol. The Morgan fingerprint density at radius 1 is 1.12 bits per heavy atom. The Balaban J connectivity index is 1.65. The Labute approximate surface area is 187 Å². The minimum atomic E-state index is -0.0826. The number of likely N-dealkylation sites (tertiary alicyclic amines) is 1. The molecule has 3 heterocycles. The van der Waals surface area contributed by atoms with Crippen LogP contribution in [0.25, 0.3) is 16.9 Å². The summed E-state index contributed by atoms with van der Waals surface area (Å²) in [6, 6.07) is 9.61. The number of imidazole rings is 1. The van der Waals surface area contributed by atoms with Crippen LogP contribution >= 0.6 is 0 Å². The second kappa shape index (κ2) is 9.48. The van der Waals surface area contributed by atoms with Crippen molar-refractivity contribution >= 4 is 17.3 Å². The van der Waals surface area contributed by atoms with Crippen molar-refractivity contribution in [3.8, 4) is 22.8 Å². The number of carbonyl (C=O) groups is 1. The summed E-state index contributed by atoms with van der Waals surface area (Å²) in [6.45, 7) is 4.62. The van der Waals surface area contributed by atoms with Gasteiger partial charge in [-0.1, -0.05) is 0 Å². The average Bonchev–Trinajstić information content (AvgIpc) is 3.16. The molecule has 0 atom stereocenters. The number of carbonyl (C=O) groups excluding carboxylic acids is 1. The number of benzene rings is 1. The normalized spacial score (nSPS) is 15.1. The predicted octanol–water partition coefficient (Wildman–Crippen LogP) is 3.38. The summed E-state index contributed by atoms with van der Waals surface area (Å²) < 4.78 is 18.1. The van der Waals surface area contributed by atoms with Gasteiger partial charge in [0.05, 0.1) is 38.1 Å². The van der Waals surface area contributed by atoms with Gasteiger partial charge in [0.25, 0.3) is 0 Å². The highest BCUT2D eigenvalue weighted by molar-refractivity contribution is 5.72. The third-order valence-electron chi connectivity index (χ3n) is 5.98. The van der Waals surface area contributed by atoms with Gasteiger partial charge in [-0.15, -0.1) is 0 Å². The van der Waals surface area contributed by atoms with Crippen LogP contribution in [0.3, 0.4) is 0 Å². The number of nitrogen functional groups attached to an aromatic ring is 1. The van der Waals surface area contributed by atoms with E-state index < -0.39 is 0 Å². The maximum Gasteiger partial charge on any atom is 0.309 e. The second-order valence-corrected chi connectivity index (χ2v) is 7.97. The number of rotatable bonds is 7. The standard InChI is InChI=1S/C24H30N4O4/c1-4-32-24(29)16-9-11-27(12-10-16)15-19-23(26-22-8-6-18(25)14-28(19)22)17-5-7-20(30-2)21(13-17)31-3/h5-8,13-14,16H,4,9-12,15,25H2,1-3H3. The van der Waals surface area contributed by atoms with E-state index in [0.717, 1.165) is 48.5 Å². The fourth-order valence-corrected chi connectivity index (χ4v) is 4.27. The van der Waals surface area contributed by atoms with Gasteiger partial charge in [0, 0.05) is 24.0 Å². The van der Waals surface area contributed by atoms with Gasteiger partial charge in [0.1, 0.15) is 5.65 Å². The van der Waals surface area contributed by atoms with Gasteiger partial charge in [-0.25, -0.2) is 4.98 Å². The molecule has 1 saturated heterocycles. The first kappa shape index (κ1) is 22.0. The second-order valence-electron chi connectivity index (χ2n) is 7.97. The first-order valence-corrected chi connectivity index (χ1v) is 10.9. The van der Waals surface area contributed by atoms with E-state index in [0.29, 0.717) is 30.3 Å². The Morgan fingerprint density at radius 3 is 2.56 bits per heavy atom. The van der Waals surface area contributed by atoms with Gasteiger partial charge in [-0.05, 0) is 63.2 Å². The van der Waals surface area contributed by atoms with Gasteiger partial charge in [0.2, 0.25) is 0 Å². The van der Waals surface area contributed by atoms with Crippen LogP contribution in [0.2, 0.25) is 0 Å². The molecule has 1 aliphatic rings. The Bertz CT molecular complexity index is 1100. The number of fused-ring (bicyclic) bond motifs is 1. The lowest BCUT2D eigenvalue weighted by molar-refractivity contribution is -0.149. The Hall–Kier alpha value is -3.26. The maximum atomic E-state index is 12.1. The highest BCUT2D eigenvalue weighted by atomic mass is 16.5. The molecule has 0 aliphatic carbocycles. The Morgan fingerprint density at radius 2 is 1.88 bits per heavy atom. The molecule has 0 amide bonds. The van der Waals surface area contributed by atoms with Crippen LogP contribution in [-0.4, -0.2) is 54.2 Å².